The Kier molecular flexibility index (Phi) is 3.07. The van der Waals surface area contributed by atoms with E-state index in [2.05, 4.69) is 10.3 Å². The summed E-state index contributed by atoms with van der Waals surface area (Å²) < 4.78 is 14.1. The van der Waals surface area contributed by atoms with E-state index >= 15 is 0 Å². The van der Waals surface area contributed by atoms with Gasteiger partial charge in [-0.05, 0) is 31.5 Å². The molecule has 0 radical (unpaired) electrons. The molecule has 0 spiro atoms. The van der Waals surface area contributed by atoms with Gasteiger partial charge in [-0.1, -0.05) is 6.42 Å². The Morgan fingerprint density at radius 1 is 1.41 bits per heavy atom. The molecule has 4 heteroatoms. The highest BCUT2D eigenvalue weighted by Crippen LogP contribution is 2.24. The van der Waals surface area contributed by atoms with Crippen molar-refractivity contribution in [3.8, 4) is 0 Å². The van der Waals surface area contributed by atoms with Gasteiger partial charge in [0.25, 0.3) is 0 Å². The summed E-state index contributed by atoms with van der Waals surface area (Å²) in [4.78, 5) is 4.51. The number of piperidine rings is 1. The predicted octanol–water partition coefficient (Wildman–Crippen LogP) is 3.12. The number of thiazole rings is 1. The molecule has 1 aliphatic heterocycles. The molecular weight excluding hydrogens is 235 g/mol. The number of rotatable bonds is 2. The molecule has 0 saturated carbocycles. The Morgan fingerprint density at radius 3 is 3.18 bits per heavy atom. The minimum atomic E-state index is -0.204. The zero-order valence-corrected chi connectivity index (χ0v) is 10.4. The molecule has 1 atom stereocenters. The van der Waals surface area contributed by atoms with Crippen LogP contribution in [0.2, 0.25) is 0 Å². The van der Waals surface area contributed by atoms with Crippen LogP contribution >= 0.6 is 11.3 Å². The van der Waals surface area contributed by atoms with E-state index in [-0.39, 0.29) is 5.82 Å². The van der Waals surface area contributed by atoms with E-state index < -0.39 is 0 Å². The molecule has 17 heavy (non-hydrogen) atoms. The number of fused-ring (bicyclic) bond motifs is 1. The second-order valence-electron chi connectivity index (χ2n) is 4.57. The smallest absolute Gasteiger partial charge is 0.125 e. The van der Waals surface area contributed by atoms with Crippen molar-refractivity contribution < 1.29 is 4.39 Å². The Balaban J connectivity index is 1.80. The zero-order chi connectivity index (χ0) is 11.7. The summed E-state index contributed by atoms with van der Waals surface area (Å²) in [5.41, 5.74) is 0.792. The van der Waals surface area contributed by atoms with Crippen molar-refractivity contribution in [2.75, 3.05) is 6.54 Å². The van der Waals surface area contributed by atoms with E-state index in [1.165, 1.54) is 31.4 Å². The lowest BCUT2D eigenvalue weighted by molar-refractivity contribution is 0.399. The van der Waals surface area contributed by atoms with Crippen LogP contribution in [-0.2, 0) is 6.42 Å². The lowest BCUT2D eigenvalue weighted by Crippen LogP contribution is -2.35. The van der Waals surface area contributed by atoms with E-state index in [0.29, 0.717) is 6.04 Å². The molecule has 0 bridgehead atoms. The van der Waals surface area contributed by atoms with Crippen molar-refractivity contribution in [1.29, 1.82) is 0 Å². The van der Waals surface area contributed by atoms with Gasteiger partial charge in [-0.3, -0.25) is 0 Å². The molecule has 90 valence electrons. The van der Waals surface area contributed by atoms with Gasteiger partial charge in [0.15, 0.2) is 0 Å². The molecule has 1 unspecified atom stereocenters. The summed E-state index contributed by atoms with van der Waals surface area (Å²) in [7, 11) is 0. The third kappa shape index (κ3) is 2.48. The quantitative estimate of drug-likeness (QED) is 0.885. The first-order chi connectivity index (χ1) is 8.31. The average Bonchev–Trinajstić information content (AvgIpc) is 2.71. The lowest BCUT2D eigenvalue weighted by Gasteiger charge is -2.22. The van der Waals surface area contributed by atoms with Crippen LogP contribution in [0.25, 0.3) is 10.2 Å². The first-order valence-corrected chi connectivity index (χ1v) is 6.91. The standard InChI is InChI=1S/C13H15FN2S/c14-9-4-5-12-11(7-9)16-13(17-12)8-10-3-1-2-6-15-10/h4-5,7,10,15H,1-3,6,8H2. The van der Waals surface area contributed by atoms with Gasteiger partial charge in [-0.25, -0.2) is 9.37 Å². The van der Waals surface area contributed by atoms with Gasteiger partial charge < -0.3 is 5.32 Å². The summed E-state index contributed by atoms with van der Waals surface area (Å²) in [6.07, 6.45) is 4.78. The van der Waals surface area contributed by atoms with Gasteiger partial charge in [0, 0.05) is 18.5 Å². The van der Waals surface area contributed by atoms with Crippen LogP contribution in [0, 0.1) is 5.82 Å². The van der Waals surface area contributed by atoms with Gasteiger partial charge in [-0.15, -0.1) is 11.3 Å². The first-order valence-electron chi connectivity index (χ1n) is 6.09. The molecule has 2 aromatic rings. The van der Waals surface area contributed by atoms with Gasteiger partial charge in [0.1, 0.15) is 5.82 Å². The summed E-state index contributed by atoms with van der Waals surface area (Å²) in [5.74, 6) is -0.204. The van der Waals surface area contributed by atoms with E-state index in [0.717, 1.165) is 28.2 Å². The van der Waals surface area contributed by atoms with Crippen molar-refractivity contribution in [3.63, 3.8) is 0 Å². The van der Waals surface area contributed by atoms with Crippen LogP contribution in [0.3, 0.4) is 0 Å². The molecule has 0 aliphatic carbocycles. The summed E-state index contributed by atoms with van der Waals surface area (Å²) in [6.45, 7) is 1.12. The van der Waals surface area contributed by atoms with Gasteiger partial charge in [0.2, 0.25) is 0 Å². The second kappa shape index (κ2) is 4.70. The Hall–Kier alpha value is -1.00. The van der Waals surface area contributed by atoms with Crippen LogP contribution in [0.5, 0.6) is 0 Å². The van der Waals surface area contributed by atoms with Crippen LogP contribution in [0.1, 0.15) is 24.3 Å². The molecule has 1 aromatic carbocycles. The summed E-state index contributed by atoms with van der Waals surface area (Å²) >= 11 is 1.68. The Morgan fingerprint density at radius 2 is 2.35 bits per heavy atom. The zero-order valence-electron chi connectivity index (χ0n) is 9.58. The van der Waals surface area contributed by atoms with E-state index in [9.17, 15) is 4.39 Å². The van der Waals surface area contributed by atoms with Crippen LogP contribution in [0.4, 0.5) is 4.39 Å². The fraction of sp³-hybridized carbons (Fsp3) is 0.462. The second-order valence-corrected chi connectivity index (χ2v) is 5.69. The van der Waals surface area contributed by atoms with E-state index in [1.807, 2.05) is 6.07 Å². The average molecular weight is 250 g/mol. The van der Waals surface area contributed by atoms with Crippen molar-refractivity contribution >= 4 is 21.6 Å². The summed E-state index contributed by atoms with van der Waals surface area (Å²) in [6, 6.07) is 5.39. The molecule has 1 N–H and O–H groups in total. The van der Waals surface area contributed by atoms with Crippen LogP contribution in [0.15, 0.2) is 18.2 Å². The number of halogens is 1. The Labute approximate surface area is 104 Å². The largest absolute Gasteiger partial charge is 0.314 e. The molecule has 2 nitrogen and oxygen atoms in total. The Bertz CT molecular complexity index is 517. The molecule has 0 amide bonds. The number of aromatic nitrogens is 1. The molecule has 2 heterocycles. The third-order valence-corrected chi connectivity index (χ3v) is 4.29. The monoisotopic (exact) mass is 250 g/mol. The normalized spacial score (nSPS) is 20.9. The van der Waals surface area contributed by atoms with Crippen LogP contribution < -0.4 is 5.32 Å². The molecule has 1 fully saturated rings. The maximum Gasteiger partial charge on any atom is 0.125 e. The predicted molar refractivity (Wildman–Crippen MR) is 68.9 cm³/mol. The van der Waals surface area contributed by atoms with E-state index in [4.69, 9.17) is 0 Å². The van der Waals surface area contributed by atoms with Gasteiger partial charge in [-0.2, -0.15) is 0 Å². The minimum Gasteiger partial charge on any atom is -0.314 e. The number of hydrogen-bond donors (Lipinski definition) is 1. The highest BCUT2D eigenvalue weighted by molar-refractivity contribution is 7.18. The van der Waals surface area contributed by atoms with Crippen LogP contribution in [-0.4, -0.2) is 17.6 Å². The molecule has 1 aromatic heterocycles. The highest BCUT2D eigenvalue weighted by Gasteiger charge is 2.15. The SMILES string of the molecule is Fc1ccc2sc(CC3CCCCN3)nc2c1. The number of nitrogens with one attached hydrogen (secondary N) is 1. The molecule has 1 aliphatic rings. The number of nitrogens with zero attached hydrogens (tertiary/aromatic N) is 1. The number of hydrogen-bond acceptors (Lipinski definition) is 3. The van der Waals surface area contributed by atoms with Gasteiger partial charge >= 0.3 is 0 Å². The lowest BCUT2D eigenvalue weighted by atomic mass is 10.0. The fourth-order valence-corrected chi connectivity index (χ4v) is 3.37. The van der Waals surface area contributed by atoms with Crippen molar-refractivity contribution in [3.05, 3.63) is 29.0 Å². The van der Waals surface area contributed by atoms with E-state index in [1.54, 1.807) is 11.3 Å². The number of benzene rings is 1. The molecular formula is C13H15FN2S. The molecule has 1 saturated heterocycles. The maximum atomic E-state index is 13.1. The fourth-order valence-electron chi connectivity index (χ4n) is 2.34. The summed E-state index contributed by atoms with van der Waals surface area (Å²) in [5, 5.41) is 4.63. The van der Waals surface area contributed by atoms with Crippen molar-refractivity contribution in [2.45, 2.75) is 31.7 Å². The highest BCUT2D eigenvalue weighted by atomic mass is 32.1. The van der Waals surface area contributed by atoms with Crippen molar-refractivity contribution in [2.24, 2.45) is 0 Å². The minimum absolute atomic E-state index is 0.204. The van der Waals surface area contributed by atoms with Crippen molar-refractivity contribution in [1.82, 2.24) is 10.3 Å². The maximum absolute atomic E-state index is 13.1. The molecule has 3 rings (SSSR count). The first kappa shape index (κ1) is 11.1. The van der Waals surface area contributed by atoms with Gasteiger partial charge in [0.05, 0.1) is 15.2 Å². The third-order valence-electron chi connectivity index (χ3n) is 3.23. The topological polar surface area (TPSA) is 24.9 Å².